The number of carboxylic acids is 1. The van der Waals surface area contributed by atoms with E-state index in [-0.39, 0.29) is 48.0 Å². The van der Waals surface area contributed by atoms with Crippen LogP contribution in [0.3, 0.4) is 0 Å². The summed E-state index contributed by atoms with van der Waals surface area (Å²) >= 11 is 0. The SMILES string of the molecule is O=C(O)c1ccoc1CC1CCN(C(=O)C2[C@H]3CC(F)(F)C[C@@H]23)CC1. The molecule has 1 saturated heterocycles. The molecular weight excluding hydrogens is 332 g/mol. The largest absolute Gasteiger partial charge is 0.478 e. The number of aromatic carboxylic acids is 1. The van der Waals surface area contributed by atoms with Crippen LogP contribution in [-0.2, 0) is 11.2 Å². The number of halogens is 2. The minimum absolute atomic E-state index is 0.0353. The zero-order valence-corrected chi connectivity index (χ0v) is 13.8. The second kappa shape index (κ2) is 5.81. The van der Waals surface area contributed by atoms with E-state index in [9.17, 15) is 18.4 Å². The van der Waals surface area contributed by atoms with Gasteiger partial charge in [0.1, 0.15) is 11.3 Å². The van der Waals surface area contributed by atoms with Gasteiger partial charge in [-0.3, -0.25) is 4.79 Å². The number of fused-ring (bicyclic) bond motifs is 1. The Morgan fingerprint density at radius 1 is 1.24 bits per heavy atom. The van der Waals surface area contributed by atoms with Gasteiger partial charge in [-0.2, -0.15) is 0 Å². The molecule has 2 aliphatic carbocycles. The lowest BCUT2D eigenvalue weighted by Gasteiger charge is -2.32. The van der Waals surface area contributed by atoms with Gasteiger partial charge in [0.2, 0.25) is 11.8 Å². The highest BCUT2D eigenvalue weighted by molar-refractivity contribution is 5.88. The number of alkyl halides is 2. The van der Waals surface area contributed by atoms with Gasteiger partial charge < -0.3 is 14.4 Å². The van der Waals surface area contributed by atoms with Crippen LogP contribution in [0.25, 0.3) is 0 Å². The zero-order chi connectivity index (χ0) is 17.8. The number of piperidine rings is 1. The molecule has 1 unspecified atom stereocenters. The van der Waals surface area contributed by atoms with Crippen molar-refractivity contribution in [1.82, 2.24) is 4.90 Å². The average Bonchev–Trinajstić information content (AvgIpc) is 2.90. The van der Waals surface area contributed by atoms with Crippen molar-refractivity contribution in [2.24, 2.45) is 23.7 Å². The van der Waals surface area contributed by atoms with E-state index in [1.165, 1.54) is 12.3 Å². The Morgan fingerprint density at radius 2 is 1.88 bits per heavy atom. The maximum Gasteiger partial charge on any atom is 0.339 e. The van der Waals surface area contributed by atoms with Gasteiger partial charge in [0.15, 0.2) is 0 Å². The van der Waals surface area contributed by atoms with Crippen LogP contribution >= 0.6 is 0 Å². The van der Waals surface area contributed by atoms with Crippen molar-refractivity contribution in [1.29, 1.82) is 0 Å². The Morgan fingerprint density at radius 3 is 2.48 bits per heavy atom. The third-order valence-corrected chi connectivity index (χ3v) is 6.06. The summed E-state index contributed by atoms with van der Waals surface area (Å²) in [5.74, 6) is -3.22. The number of carbonyl (C=O) groups excluding carboxylic acids is 1. The highest BCUT2D eigenvalue weighted by Gasteiger charge is 2.66. The number of hydrogen-bond donors (Lipinski definition) is 1. The molecule has 1 aromatic rings. The molecule has 1 aromatic heterocycles. The highest BCUT2D eigenvalue weighted by atomic mass is 19.3. The van der Waals surface area contributed by atoms with Crippen molar-refractivity contribution in [2.45, 2.75) is 38.0 Å². The maximum atomic E-state index is 13.2. The molecule has 7 heteroatoms. The van der Waals surface area contributed by atoms with Crippen LogP contribution in [0.15, 0.2) is 16.7 Å². The van der Waals surface area contributed by atoms with Crippen LogP contribution in [-0.4, -0.2) is 40.9 Å². The summed E-state index contributed by atoms with van der Waals surface area (Å²) < 4.78 is 31.8. The van der Waals surface area contributed by atoms with Crippen LogP contribution in [0.4, 0.5) is 8.78 Å². The number of likely N-dealkylation sites (tertiary alicyclic amines) is 1. The summed E-state index contributed by atoms with van der Waals surface area (Å²) in [6.45, 7) is 1.22. The molecule has 0 aromatic carbocycles. The summed E-state index contributed by atoms with van der Waals surface area (Å²) in [4.78, 5) is 25.5. The smallest absolute Gasteiger partial charge is 0.339 e. The van der Waals surface area contributed by atoms with Crippen molar-refractivity contribution in [3.8, 4) is 0 Å². The van der Waals surface area contributed by atoms with E-state index < -0.39 is 11.9 Å². The number of furan rings is 1. The van der Waals surface area contributed by atoms with Crippen molar-refractivity contribution >= 4 is 11.9 Å². The Labute approximate surface area is 144 Å². The monoisotopic (exact) mass is 353 g/mol. The van der Waals surface area contributed by atoms with Crippen LogP contribution < -0.4 is 0 Å². The van der Waals surface area contributed by atoms with E-state index in [2.05, 4.69) is 0 Å². The van der Waals surface area contributed by atoms with E-state index in [4.69, 9.17) is 9.52 Å². The number of carbonyl (C=O) groups is 2. The number of carboxylic acid groups (broad SMARTS) is 1. The lowest BCUT2D eigenvalue weighted by Crippen LogP contribution is -2.40. The molecule has 1 amide bonds. The van der Waals surface area contributed by atoms with Crippen LogP contribution in [0.1, 0.15) is 41.8 Å². The Balaban J connectivity index is 1.28. The summed E-state index contributed by atoms with van der Waals surface area (Å²) in [6, 6.07) is 1.46. The predicted molar refractivity (Wildman–Crippen MR) is 83.3 cm³/mol. The molecule has 25 heavy (non-hydrogen) atoms. The third-order valence-electron chi connectivity index (χ3n) is 6.06. The predicted octanol–water partition coefficient (Wildman–Crippen LogP) is 3.05. The summed E-state index contributed by atoms with van der Waals surface area (Å²) in [5, 5.41) is 9.12. The fraction of sp³-hybridized carbons (Fsp3) is 0.667. The third kappa shape index (κ3) is 3.04. The average molecular weight is 353 g/mol. The first-order valence-electron chi connectivity index (χ1n) is 8.82. The molecule has 0 bridgehead atoms. The Hall–Kier alpha value is -1.92. The van der Waals surface area contributed by atoms with Gasteiger partial charge in [-0.25, -0.2) is 13.6 Å². The topological polar surface area (TPSA) is 70.8 Å². The molecule has 0 radical (unpaired) electrons. The number of rotatable bonds is 4. The molecule has 4 rings (SSSR count). The molecule has 1 aliphatic heterocycles. The molecule has 3 aliphatic rings. The van der Waals surface area contributed by atoms with E-state index in [1.807, 2.05) is 0 Å². The normalized spacial score (nSPS) is 31.0. The van der Waals surface area contributed by atoms with Crippen LogP contribution in [0, 0.1) is 23.7 Å². The molecule has 136 valence electrons. The molecule has 3 atom stereocenters. The van der Waals surface area contributed by atoms with Gasteiger partial charge >= 0.3 is 5.97 Å². The second-order valence-corrected chi connectivity index (χ2v) is 7.65. The highest BCUT2D eigenvalue weighted by Crippen LogP contribution is 2.63. The van der Waals surface area contributed by atoms with E-state index in [0.29, 0.717) is 25.3 Å². The number of nitrogens with zero attached hydrogens (tertiary/aromatic N) is 1. The van der Waals surface area contributed by atoms with Crippen LogP contribution in [0.5, 0.6) is 0 Å². The van der Waals surface area contributed by atoms with Crippen molar-refractivity contribution < 1.29 is 27.9 Å². The molecule has 3 fully saturated rings. The molecule has 2 heterocycles. The molecule has 5 nitrogen and oxygen atoms in total. The fourth-order valence-electron chi connectivity index (χ4n) is 4.66. The van der Waals surface area contributed by atoms with Crippen molar-refractivity contribution in [2.75, 3.05) is 13.1 Å². The van der Waals surface area contributed by atoms with Crippen molar-refractivity contribution in [3.63, 3.8) is 0 Å². The summed E-state index contributed by atoms with van der Waals surface area (Å²) in [7, 11) is 0. The van der Waals surface area contributed by atoms with Gasteiger partial charge in [-0.15, -0.1) is 0 Å². The Kier molecular flexibility index (Phi) is 3.85. The molecule has 0 spiro atoms. The van der Waals surface area contributed by atoms with Gasteiger partial charge in [0.25, 0.3) is 0 Å². The van der Waals surface area contributed by atoms with E-state index >= 15 is 0 Å². The fourth-order valence-corrected chi connectivity index (χ4v) is 4.66. The van der Waals surface area contributed by atoms with E-state index in [1.54, 1.807) is 4.90 Å². The summed E-state index contributed by atoms with van der Waals surface area (Å²) in [5.41, 5.74) is 0.199. The number of amides is 1. The lowest BCUT2D eigenvalue weighted by molar-refractivity contribution is -0.135. The van der Waals surface area contributed by atoms with E-state index in [0.717, 1.165) is 12.8 Å². The summed E-state index contributed by atoms with van der Waals surface area (Å²) in [6.07, 6.45) is 3.23. The molecular formula is C18H21F2NO4. The minimum atomic E-state index is -2.58. The standard InChI is InChI=1S/C18H21F2NO4/c19-18(20)8-12-13(9-18)15(12)16(22)21-4-1-10(2-5-21)7-14-11(17(23)24)3-6-25-14/h3,6,10,12-13,15H,1-2,4-5,7-9H2,(H,23,24)/t12-,13+,15?. The first-order chi connectivity index (χ1) is 11.9. The molecule has 1 N–H and O–H groups in total. The van der Waals surface area contributed by atoms with Gasteiger partial charge in [0.05, 0.1) is 6.26 Å². The van der Waals surface area contributed by atoms with Gasteiger partial charge in [-0.1, -0.05) is 0 Å². The van der Waals surface area contributed by atoms with Crippen molar-refractivity contribution in [3.05, 3.63) is 23.7 Å². The molecule has 2 saturated carbocycles. The maximum absolute atomic E-state index is 13.2. The first kappa shape index (κ1) is 16.5. The van der Waals surface area contributed by atoms with Gasteiger partial charge in [0, 0.05) is 38.3 Å². The van der Waals surface area contributed by atoms with Crippen LogP contribution in [0.2, 0.25) is 0 Å². The zero-order valence-electron chi connectivity index (χ0n) is 13.8. The van der Waals surface area contributed by atoms with Gasteiger partial charge in [-0.05, 0) is 36.7 Å². The quantitative estimate of drug-likeness (QED) is 0.903. The minimum Gasteiger partial charge on any atom is -0.478 e. The first-order valence-corrected chi connectivity index (χ1v) is 8.82. The number of hydrogen-bond acceptors (Lipinski definition) is 3. The lowest BCUT2D eigenvalue weighted by atomic mass is 9.91. The second-order valence-electron chi connectivity index (χ2n) is 7.65. The Bertz CT molecular complexity index is 679.